The van der Waals surface area contributed by atoms with Crippen molar-refractivity contribution in [3.8, 4) is 11.5 Å². The summed E-state index contributed by atoms with van der Waals surface area (Å²) in [7, 11) is 0. The number of phenolic OH excluding ortho intramolecular Hbond substituents is 2. The second-order valence-corrected chi connectivity index (χ2v) is 20.6. The number of hydrogen-bond acceptors (Lipinski definition) is 18. The summed E-state index contributed by atoms with van der Waals surface area (Å²) in [5.41, 5.74) is 24.6. The van der Waals surface area contributed by atoms with Gasteiger partial charge in [-0.05, 0) is 86.1 Å². The minimum absolute atomic E-state index is 0.0368. The second-order valence-electron chi connectivity index (χ2n) is 20.6. The SMILES string of the molecule is C[C@@H](O)[C@H](NC(=O)[C@H](CCC(N)=O)NC(=O)[C@H](Cc1ccc(O)cc1)NC(=O)[C@@H](N)Cc1ccc(O)cc1)C(=O)N[C@@H](Cc1c[nH]c2ccccc12)C(=O)N[C@@H](CCCN=C(N)N)C(=O)N[C@@H](CO)C(=O)N[C@@H](CCC(=O)O)C(=O)N[C@@H](CC(=O)O)C(=O)O. The number of rotatable bonds is 37. The van der Waals surface area contributed by atoms with E-state index in [1.54, 1.807) is 24.3 Å². The normalized spacial score (nSPS) is 14.4. The molecule has 3 aromatic carbocycles. The van der Waals surface area contributed by atoms with E-state index in [1.165, 1.54) is 54.7 Å². The van der Waals surface area contributed by atoms with Gasteiger partial charge in [-0.1, -0.05) is 42.5 Å². The number of aliphatic hydroxyl groups excluding tert-OH is 2. The molecule has 0 unspecified atom stereocenters. The molecule has 33 heteroatoms. The van der Waals surface area contributed by atoms with Gasteiger partial charge in [-0.25, -0.2) is 4.79 Å². The summed E-state index contributed by atoms with van der Waals surface area (Å²) in [5.74, 6) is -15.5. The molecular formula is C56H74N14O19. The number of aliphatic imine (C=N–C) groups is 1. The van der Waals surface area contributed by atoms with Gasteiger partial charge in [0.25, 0.3) is 0 Å². The molecule has 482 valence electrons. The Hall–Kier alpha value is -10.4. The predicted octanol–water partition coefficient (Wildman–Crippen LogP) is -5.07. The van der Waals surface area contributed by atoms with Crippen molar-refractivity contribution in [1.82, 2.24) is 47.5 Å². The van der Waals surface area contributed by atoms with Crippen molar-refractivity contribution in [3.63, 3.8) is 0 Å². The number of phenols is 2. The van der Waals surface area contributed by atoms with Crippen LogP contribution in [-0.2, 0) is 76.8 Å². The molecule has 89 heavy (non-hydrogen) atoms. The zero-order valence-electron chi connectivity index (χ0n) is 48.1. The number of para-hydroxylation sites is 1. The van der Waals surface area contributed by atoms with Crippen LogP contribution in [0.15, 0.2) is 84.0 Å². The average Bonchev–Trinajstić information content (AvgIpc) is 3.01. The molecular weight excluding hydrogens is 1170 g/mol. The van der Waals surface area contributed by atoms with Crippen LogP contribution in [-0.4, -0.2) is 191 Å². The molecule has 24 N–H and O–H groups in total. The number of benzene rings is 3. The maximum atomic E-state index is 14.7. The van der Waals surface area contributed by atoms with E-state index in [2.05, 4.69) is 47.2 Å². The third-order valence-electron chi connectivity index (χ3n) is 13.5. The lowest BCUT2D eigenvalue weighted by molar-refractivity contribution is -0.147. The van der Waals surface area contributed by atoms with Crippen LogP contribution in [0.3, 0.4) is 0 Å². The van der Waals surface area contributed by atoms with Crippen LogP contribution in [0.25, 0.3) is 10.9 Å². The Morgan fingerprint density at radius 2 is 0.989 bits per heavy atom. The number of guanidine groups is 1. The summed E-state index contributed by atoms with van der Waals surface area (Å²) >= 11 is 0. The number of aliphatic carboxylic acids is 3. The molecule has 1 aromatic heterocycles. The first-order valence-electron chi connectivity index (χ1n) is 27.6. The highest BCUT2D eigenvalue weighted by atomic mass is 16.4. The first-order chi connectivity index (χ1) is 42.0. The first kappa shape index (κ1) is 71.1. The van der Waals surface area contributed by atoms with Crippen LogP contribution in [0.4, 0.5) is 0 Å². The molecule has 0 spiro atoms. The van der Waals surface area contributed by atoms with Crippen molar-refractivity contribution in [2.24, 2.45) is 27.9 Å². The van der Waals surface area contributed by atoms with Crippen LogP contribution in [0.2, 0.25) is 0 Å². The minimum Gasteiger partial charge on any atom is -0.508 e. The maximum absolute atomic E-state index is 14.7. The van der Waals surface area contributed by atoms with E-state index in [1.807, 2.05) is 5.32 Å². The molecule has 4 rings (SSSR count). The molecule has 0 fully saturated rings. The van der Waals surface area contributed by atoms with Crippen molar-refractivity contribution >= 4 is 87.9 Å². The minimum atomic E-state index is -2.03. The van der Waals surface area contributed by atoms with Gasteiger partial charge in [-0.15, -0.1) is 0 Å². The first-order valence-corrected chi connectivity index (χ1v) is 27.6. The van der Waals surface area contributed by atoms with E-state index < -0.39 is 170 Å². The third kappa shape index (κ3) is 23.8. The lowest BCUT2D eigenvalue weighted by Gasteiger charge is -2.29. The second kappa shape index (κ2) is 34.7. The number of aromatic nitrogens is 1. The van der Waals surface area contributed by atoms with Gasteiger partial charge in [-0.3, -0.25) is 57.7 Å². The van der Waals surface area contributed by atoms with Crippen LogP contribution >= 0.6 is 0 Å². The summed E-state index contributed by atoms with van der Waals surface area (Å²) in [6.45, 7) is -0.246. The van der Waals surface area contributed by atoms with Gasteiger partial charge < -0.3 is 106 Å². The Labute approximate surface area is 507 Å². The van der Waals surface area contributed by atoms with Gasteiger partial charge in [0.1, 0.15) is 59.8 Å². The van der Waals surface area contributed by atoms with E-state index in [4.69, 9.17) is 28.0 Å². The Morgan fingerprint density at radius 3 is 1.51 bits per heavy atom. The highest BCUT2D eigenvalue weighted by Gasteiger charge is 2.37. The zero-order chi connectivity index (χ0) is 66.1. The van der Waals surface area contributed by atoms with E-state index in [-0.39, 0.29) is 56.1 Å². The van der Waals surface area contributed by atoms with Crippen LogP contribution < -0.4 is 65.5 Å². The Balaban J connectivity index is 1.65. The zero-order valence-corrected chi connectivity index (χ0v) is 48.1. The van der Waals surface area contributed by atoms with E-state index in [0.29, 0.717) is 27.6 Å². The number of carboxylic acid groups (broad SMARTS) is 3. The number of nitrogens with two attached hydrogens (primary N) is 4. The molecule has 4 aromatic rings. The molecule has 0 saturated heterocycles. The summed E-state index contributed by atoms with van der Waals surface area (Å²) in [4.78, 5) is 166. The summed E-state index contributed by atoms with van der Waals surface area (Å²) in [6, 6.07) is 2.45. The predicted molar refractivity (Wildman–Crippen MR) is 313 cm³/mol. The number of carboxylic acids is 3. The number of H-pyrrole nitrogens is 1. The molecule has 0 aliphatic heterocycles. The van der Waals surface area contributed by atoms with Gasteiger partial charge in [-0.2, -0.15) is 0 Å². The third-order valence-corrected chi connectivity index (χ3v) is 13.5. The fourth-order valence-corrected chi connectivity index (χ4v) is 8.78. The van der Waals surface area contributed by atoms with E-state index >= 15 is 0 Å². The van der Waals surface area contributed by atoms with Gasteiger partial charge in [0, 0.05) is 49.3 Å². The number of carbonyl (C=O) groups is 12. The number of hydrogen-bond donors (Lipinski definition) is 20. The maximum Gasteiger partial charge on any atom is 0.326 e. The van der Waals surface area contributed by atoms with Crippen LogP contribution in [0.1, 0.15) is 68.6 Å². The largest absolute Gasteiger partial charge is 0.508 e. The highest BCUT2D eigenvalue weighted by Crippen LogP contribution is 2.20. The number of carbonyl (C=O) groups excluding carboxylic acids is 9. The molecule has 10 atom stereocenters. The number of aromatic hydroxyl groups is 2. The fraction of sp³-hybridized carbons (Fsp3) is 0.411. The number of nitrogens with one attached hydrogen (secondary N) is 9. The highest BCUT2D eigenvalue weighted by molar-refractivity contribution is 5.99. The van der Waals surface area contributed by atoms with Crippen molar-refractivity contribution < 1.29 is 93.3 Å². The molecule has 0 aliphatic carbocycles. The van der Waals surface area contributed by atoms with Crippen molar-refractivity contribution in [2.45, 2.75) is 132 Å². The number of nitrogens with zero attached hydrogens (tertiary/aromatic N) is 1. The van der Waals surface area contributed by atoms with Crippen molar-refractivity contribution in [2.75, 3.05) is 13.2 Å². The van der Waals surface area contributed by atoms with E-state index in [0.717, 1.165) is 6.92 Å². The summed E-state index contributed by atoms with van der Waals surface area (Å²) < 4.78 is 0. The van der Waals surface area contributed by atoms with Gasteiger partial charge in [0.15, 0.2) is 5.96 Å². The monoisotopic (exact) mass is 1250 g/mol. The molecule has 9 amide bonds. The Morgan fingerprint density at radius 1 is 0.528 bits per heavy atom. The molecule has 0 bridgehead atoms. The van der Waals surface area contributed by atoms with Gasteiger partial charge in [0.05, 0.1) is 25.2 Å². The average molecular weight is 1250 g/mol. The molecule has 1 heterocycles. The fourth-order valence-electron chi connectivity index (χ4n) is 8.78. The number of aliphatic hydroxyl groups is 2. The quantitative estimate of drug-likeness (QED) is 0.0114. The van der Waals surface area contributed by atoms with Gasteiger partial charge >= 0.3 is 17.9 Å². The lowest BCUT2D eigenvalue weighted by atomic mass is 10.0. The van der Waals surface area contributed by atoms with E-state index in [9.17, 15) is 88.2 Å². The standard InChI is InChI=1S/C56H74N14O19/c1-27(72)46(70-50(83)37(16-18-43(58)75)64-51(84)39(22-29-10-14-32(74)15-11-29)66-47(80)34(57)21-28-8-12-31(73)13-9-28)54(87)67-40(23-30-25-62-35-6-3-2-5-33(30)35)52(85)63-36(7-4-20-61-56(59)60)48(81)69-42(26-71)53(86)65-38(17-19-44(76)77)49(82)68-41(55(88)89)24-45(78)79/h2-3,5-6,8-15,25,27,34,36-42,46,62,71-74H,4,7,16-24,26,57H2,1H3,(H2,58,75)(H,63,85)(H,64,84)(H,65,86)(H,66,80)(H,67,87)(H,68,82)(H,69,81)(H,70,83)(H,76,77)(H,78,79)(H,88,89)(H4,59,60,61)/t27-,34+,36+,37+,38+,39+,40+,41+,42+,46+/m1/s1. The van der Waals surface area contributed by atoms with Crippen LogP contribution in [0, 0.1) is 0 Å². The topological polar surface area (TPSA) is 575 Å². The molecule has 0 aliphatic rings. The number of amides is 9. The smallest absolute Gasteiger partial charge is 0.326 e. The number of fused-ring (bicyclic) bond motifs is 1. The summed E-state index contributed by atoms with van der Waals surface area (Å²) in [5, 5.41) is 88.1. The number of aromatic amines is 1. The molecule has 33 nitrogen and oxygen atoms in total. The summed E-state index contributed by atoms with van der Waals surface area (Å²) in [6.07, 6.45) is -4.93. The number of primary amides is 1. The van der Waals surface area contributed by atoms with Crippen LogP contribution in [0.5, 0.6) is 11.5 Å². The molecule has 0 radical (unpaired) electrons. The van der Waals surface area contributed by atoms with Crippen molar-refractivity contribution in [1.29, 1.82) is 0 Å². The van der Waals surface area contributed by atoms with Crippen molar-refractivity contribution in [3.05, 3.63) is 95.7 Å². The lowest BCUT2D eigenvalue weighted by Crippen LogP contribution is -2.62. The molecule has 0 saturated carbocycles. The van der Waals surface area contributed by atoms with Gasteiger partial charge in [0.2, 0.25) is 53.2 Å². The Bertz CT molecular complexity index is 3190. The Kier molecular flexibility index (Phi) is 27.7.